The van der Waals surface area contributed by atoms with E-state index in [-0.39, 0.29) is 12.5 Å². The fraction of sp³-hybridized carbons (Fsp3) is 0.333. The minimum Gasteiger partial charge on any atom is -0.396 e. The van der Waals surface area contributed by atoms with Crippen molar-refractivity contribution in [2.75, 3.05) is 13.2 Å². The molecule has 3 N–H and O–H groups in total. The molecule has 1 aromatic rings. The van der Waals surface area contributed by atoms with Gasteiger partial charge in [0.25, 0.3) is 5.91 Å². The standard InChI is InChI=1S/C9H12N2O3/c12-5-1-4-10-9(14)8-3-2-7(6-13)11-8/h2-3,6,11-12H,1,4-5H2,(H,10,14). The molecule has 5 heteroatoms. The maximum absolute atomic E-state index is 11.3. The van der Waals surface area contributed by atoms with Gasteiger partial charge in [0.15, 0.2) is 6.29 Å². The predicted molar refractivity (Wildman–Crippen MR) is 50.2 cm³/mol. The monoisotopic (exact) mass is 196 g/mol. The van der Waals surface area contributed by atoms with Crippen LogP contribution in [-0.2, 0) is 0 Å². The highest BCUT2D eigenvalue weighted by Crippen LogP contribution is 1.98. The van der Waals surface area contributed by atoms with Gasteiger partial charge in [-0.2, -0.15) is 0 Å². The van der Waals surface area contributed by atoms with Crippen LogP contribution in [0.4, 0.5) is 0 Å². The largest absolute Gasteiger partial charge is 0.396 e. The van der Waals surface area contributed by atoms with Crippen molar-refractivity contribution < 1.29 is 14.7 Å². The molecule has 0 bridgehead atoms. The summed E-state index contributed by atoms with van der Waals surface area (Å²) in [6.45, 7) is 0.468. The van der Waals surface area contributed by atoms with Gasteiger partial charge in [-0.1, -0.05) is 0 Å². The lowest BCUT2D eigenvalue weighted by Crippen LogP contribution is -2.25. The average Bonchev–Trinajstić information content (AvgIpc) is 2.66. The van der Waals surface area contributed by atoms with Crippen molar-refractivity contribution in [1.29, 1.82) is 0 Å². The van der Waals surface area contributed by atoms with E-state index in [1.807, 2.05) is 0 Å². The molecule has 76 valence electrons. The van der Waals surface area contributed by atoms with Crippen LogP contribution < -0.4 is 5.32 Å². The quantitative estimate of drug-likeness (QED) is 0.455. The highest BCUT2D eigenvalue weighted by Gasteiger charge is 2.06. The number of hydrogen-bond acceptors (Lipinski definition) is 3. The predicted octanol–water partition coefficient (Wildman–Crippen LogP) is -0.0606. The fourth-order valence-electron chi connectivity index (χ4n) is 0.989. The third-order valence-corrected chi connectivity index (χ3v) is 1.70. The Labute approximate surface area is 81.1 Å². The van der Waals surface area contributed by atoms with Crippen LogP contribution in [0.3, 0.4) is 0 Å². The van der Waals surface area contributed by atoms with Gasteiger partial charge in [-0.15, -0.1) is 0 Å². The Kier molecular flexibility index (Phi) is 3.87. The van der Waals surface area contributed by atoms with Gasteiger partial charge in [0.05, 0.1) is 5.69 Å². The number of aliphatic hydroxyl groups is 1. The molecule has 0 fully saturated rings. The minimum atomic E-state index is -0.272. The molecule has 0 aliphatic rings. The summed E-state index contributed by atoms with van der Waals surface area (Å²) in [5.41, 5.74) is 0.724. The van der Waals surface area contributed by atoms with Gasteiger partial charge >= 0.3 is 0 Å². The second kappa shape index (κ2) is 5.18. The number of aldehydes is 1. The Balaban J connectivity index is 2.47. The normalized spacial score (nSPS) is 9.79. The molecule has 0 aliphatic carbocycles. The van der Waals surface area contributed by atoms with Crippen LogP contribution in [0.15, 0.2) is 12.1 Å². The number of carbonyl (C=O) groups is 2. The lowest BCUT2D eigenvalue weighted by atomic mass is 10.4. The van der Waals surface area contributed by atoms with E-state index in [1.165, 1.54) is 12.1 Å². The van der Waals surface area contributed by atoms with Crippen molar-refractivity contribution >= 4 is 12.2 Å². The molecular formula is C9H12N2O3. The van der Waals surface area contributed by atoms with E-state index in [2.05, 4.69) is 10.3 Å². The van der Waals surface area contributed by atoms with Crippen molar-refractivity contribution in [3.8, 4) is 0 Å². The maximum atomic E-state index is 11.3. The SMILES string of the molecule is O=Cc1ccc(C(=O)NCCCO)[nH]1. The zero-order chi connectivity index (χ0) is 10.4. The third-order valence-electron chi connectivity index (χ3n) is 1.70. The number of nitrogens with one attached hydrogen (secondary N) is 2. The van der Waals surface area contributed by atoms with Crippen LogP contribution in [0.1, 0.15) is 27.4 Å². The van der Waals surface area contributed by atoms with Crippen molar-refractivity contribution in [2.24, 2.45) is 0 Å². The molecule has 0 aromatic carbocycles. The first-order valence-corrected chi connectivity index (χ1v) is 4.31. The van der Waals surface area contributed by atoms with E-state index in [9.17, 15) is 9.59 Å². The summed E-state index contributed by atoms with van der Waals surface area (Å²) in [7, 11) is 0. The summed E-state index contributed by atoms with van der Waals surface area (Å²) in [4.78, 5) is 24.3. The Hall–Kier alpha value is -1.62. The van der Waals surface area contributed by atoms with Crippen molar-refractivity contribution in [2.45, 2.75) is 6.42 Å². The molecule has 0 atom stereocenters. The van der Waals surface area contributed by atoms with E-state index in [0.717, 1.165) is 0 Å². The van der Waals surface area contributed by atoms with Gasteiger partial charge in [0, 0.05) is 13.2 Å². The highest BCUT2D eigenvalue weighted by molar-refractivity contribution is 5.93. The van der Waals surface area contributed by atoms with Crippen LogP contribution in [-0.4, -0.2) is 35.4 Å². The second-order valence-electron chi connectivity index (χ2n) is 2.78. The van der Waals surface area contributed by atoms with Gasteiger partial charge < -0.3 is 15.4 Å². The van der Waals surface area contributed by atoms with E-state index >= 15 is 0 Å². The lowest BCUT2D eigenvalue weighted by molar-refractivity contribution is 0.0947. The molecule has 1 rings (SSSR count). The van der Waals surface area contributed by atoms with Gasteiger partial charge in [0.2, 0.25) is 0 Å². The summed E-state index contributed by atoms with van der Waals surface area (Å²) in [5, 5.41) is 11.1. The molecule has 1 amide bonds. The number of aliphatic hydroxyl groups excluding tert-OH is 1. The number of hydrogen-bond donors (Lipinski definition) is 3. The summed E-state index contributed by atoms with van der Waals surface area (Å²) in [5.74, 6) is -0.272. The number of carbonyl (C=O) groups excluding carboxylic acids is 2. The number of aromatic nitrogens is 1. The molecule has 0 unspecified atom stereocenters. The van der Waals surface area contributed by atoms with Gasteiger partial charge in [-0.3, -0.25) is 9.59 Å². The first-order valence-electron chi connectivity index (χ1n) is 4.31. The zero-order valence-electron chi connectivity index (χ0n) is 7.62. The third kappa shape index (κ3) is 2.70. The highest BCUT2D eigenvalue weighted by atomic mass is 16.3. The fourth-order valence-corrected chi connectivity index (χ4v) is 0.989. The minimum absolute atomic E-state index is 0.0462. The molecule has 0 radical (unpaired) electrons. The van der Waals surface area contributed by atoms with Crippen LogP contribution in [0.2, 0.25) is 0 Å². The van der Waals surface area contributed by atoms with Crippen molar-refractivity contribution in [1.82, 2.24) is 10.3 Å². The Morgan fingerprint density at radius 3 is 2.93 bits per heavy atom. The van der Waals surface area contributed by atoms with E-state index in [4.69, 9.17) is 5.11 Å². The van der Waals surface area contributed by atoms with Crippen LogP contribution in [0, 0.1) is 0 Å². The topological polar surface area (TPSA) is 82.2 Å². The molecule has 1 aromatic heterocycles. The summed E-state index contributed by atoms with van der Waals surface area (Å²) in [6, 6.07) is 3.08. The molecule has 5 nitrogen and oxygen atoms in total. The molecular weight excluding hydrogens is 184 g/mol. The van der Waals surface area contributed by atoms with Gasteiger partial charge in [-0.05, 0) is 18.6 Å². The summed E-state index contributed by atoms with van der Waals surface area (Å²) in [6.07, 6.45) is 1.16. The Morgan fingerprint density at radius 1 is 1.57 bits per heavy atom. The number of H-pyrrole nitrogens is 1. The van der Waals surface area contributed by atoms with Crippen LogP contribution >= 0.6 is 0 Å². The van der Waals surface area contributed by atoms with Gasteiger partial charge in [0.1, 0.15) is 5.69 Å². The molecule has 0 spiro atoms. The first kappa shape index (κ1) is 10.5. The Bertz CT molecular complexity index is 320. The number of amides is 1. The molecule has 0 aliphatic heterocycles. The molecule has 0 saturated carbocycles. The van der Waals surface area contributed by atoms with Gasteiger partial charge in [-0.25, -0.2) is 0 Å². The molecule has 1 heterocycles. The van der Waals surface area contributed by atoms with Crippen molar-refractivity contribution in [3.63, 3.8) is 0 Å². The lowest BCUT2D eigenvalue weighted by Gasteiger charge is -2.00. The maximum Gasteiger partial charge on any atom is 0.267 e. The van der Waals surface area contributed by atoms with Crippen LogP contribution in [0.5, 0.6) is 0 Å². The second-order valence-corrected chi connectivity index (χ2v) is 2.78. The summed E-state index contributed by atoms with van der Waals surface area (Å²) < 4.78 is 0. The average molecular weight is 196 g/mol. The van der Waals surface area contributed by atoms with Crippen molar-refractivity contribution in [3.05, 3.63) is 23.5 Å². The Morgan fingerprint density at radius 2 is 2.36 bits per heavy atom. The number of aromatic amines is 1. The molecule has 14 heavy (non-hydrogen) atoms. The summed E-state index contributed by atoms with van der Waals surface area (Å²) >= 11 is 0. The first-order chi connectivity index (χ1) is 6.77. The van der Waals surface area contributed by atoms with E-state index < -0.39 is 0 Å². The van der Waals surface area contributed by atoms with Crippen LogP contribution in [0.25, 0.3) is 0 Å². The van der Waals surface area contributed by atoms with E-state index in [0.29, 0.717) is 30.6 Å². The molecule has 0 saturated heterocycles. The number of rotatable bonds is 5. The van der Waals surface area contributed by atoms with E-state index in [1.54, 1.807) is 0 Å². The zero-order valence-corrected chi connectivity index (χ0v) is 7.62. The smallest absolute Gasteiger partial charge is 0.267 e.